The van der Waals surface area contributed by atoms with E-state index in [1.54, 1.807) is 6.08 Å². The van der Waals surface area contributed by atoms with Crippen LogP contribution in [0.25, 0.3) is 23.0 Å². The third-order valence-electron chi connectivity index (χ3n) is 4.12. The van der Waals surface area contributed by atoms with E-state index in [9.17, 15) is 4.79 Å². The Kier molecular flexibility index (Phi) is 4.01. The average Bonchev–Trinajstić information content (AvgIpc) is 3.04. The van der Waals surface area contributed by atoms with Crippen LogP contribution in [0.1, 0.15) is 11.1 Å². The molecule has 0 bridgehead atoms. The molecule has 0 atom stereocenters. The van der Waals surface area contributed by atoms with Crippen LogP contribution in [0.15, 0.2) is 96.6 Å². The van der Waals surface area contributed by atoms with Crippen molar-refractivity contribution in [3.63, 3.8) is 0 Å². The van der Waals surface area contributed by atoms with Crippen LogP contribution in [-0.2, 0) is 9.53 Å². The number of hydrogen-bond acceptors (Lipinski definition) is 2. The maximum Gasteiger partial charge on any atom is 0.343 e. The molecule has 0 saturated heterocycles. The fourth-order valence-electron chi connectivity index (χ4n) is 2.82. The van der Waals surface area contributed by atoms with Gasteiger partial charge in [0.1, 0.15) is 5.76 Å². The largest absolute Gasteiger partial charge is 0.422 e. The van der Waals surface area contributed by atoms with Gasteiger partial charge in [-0.3, -0.25) is 0 Å². The van der Waals surface area contributed by atoms with Crippen LogP contribution in [0, 0.1) is 0 Å². The van der Waals surface area contributed by atoms with E-state index in [0.717, 1.165) is 22.3 Å². The summed E-state index contributed by atoms with van der Waals surface area (Å²) < 4.78 is 5.43. The molecule has 0 saturated carbocycles. The summed E-state index contributed by atoms with van der Waals surface area (Å²) in [5.74, 6) is 0.276. The van der Waals surface area contributed by atoms with Gasteiger partial charge in [-0.15, -0.1) is 0 Å². The van der Waals surface area contributed by atoms with Crippen molar-refractivity contribution in [3.05, 3.63) is 108 Å². The molecule has 0 unspecified atom stereocenters. The third-order valence-corrected chi connectivity index (χ3v) is 4.12. The molecule has 4 rings (SSSR count). The molecular formula is C23H16O2. The van der Waals surface area contributed by atoms with Gasteiger partial charge in [0.2, 0.25) is 0 Å². The Bertz CT molecular complexity index is 950. The minimum atomic E-state index is -0.314. The van der Waals surface area contributed by atoms with Gasteiger partial charge in [-0.2, -0.15) is 0 Å². The van der Waals surface area contributed by atoms with Gasteiger partial charge in [-0.05, 0) is 28.8 Å². The molecule has 120 valence electrons. The number of carbonyl (C=O) groups excluding carboxylic acids is 1. The minimum Gasteiger partial charge on any atom is -0.422 e. The second-order valence-corrected chi connectivity index (χ2v) is 5.85. The summed E-state index contributed by atoms with van der Waals surface area (Å²) >= 11 is 0. The van der Waals surface area contributed by atoms with Crippen LogP contribution in [-0.4, -0.2) is 5.97 Å². The van der Waals surface area contributed by atoms with Gasteiger partial charge < -0.3 is 4.74 Å². The number of rotatable bonds is 3. The lowest BCUT2D eigenvalue weighted by molar-refractivity contribution is -0.130. The Balaban J connectivity index is 1.61. The van der Waals surface area contributed by atoms with E-state index in [4.69, 9.17) is 4.74 Å². The number of hydrogen-bond donors (Lipinski definition) is 0. The predicted molar refractivity (Wildman–Crippen MR) is 100 cm³/mol. The minimum absolute atomic E-state index is 0.314. The highest BCUT2D eigenvalue weighted by molar-refractivity contribution is 6.05. The summed E-state index contributed by atoms with van der Waals surface area (Å²) in [6.07, 6.45) is 3.64. The Hall–Kier alpha value is -3.39. The number of benzene rings is 3. The number of cyclic esters (lactones) is 1. The first-order valence-corrected chi connectivity index (χ1v) is 8.16. The van der Waals surface area contributed by atoms with Crippen LogP contribution in [0.3, 0.4) is 0 Å². The molecule has 2 heteroatoms. The van der Waals surface area contributed by atoms with E-state index in [1.807, 2.05) is 78.9 Å². The van der Waals surface area contributed by atoms with Crippen molar-refractivity contribution < 1.29 is 9.53 Å². The molecule has 25 heavy (non-hydrogen) atoms. The number of esters is 1. The fraction of sp³-hybridized carbons (Fsp3) is 0. The summed E-state index contributed by atoms with van der Waals surface area (Å²) in [4.78, 5) is 12.1. The summed E-state index contributed by atoms with van der Waals surface area (Å²) in [5.41, 5.74) is 4.73. The molecule has 1 heterocycles. The zero-order valence-electron chi connectivity index (χ0n) is 13.6. The summed E-state index contributed by atoms with van der Waals surface area (Å²) in [7, 11) is 0. The fourth-order valence-corrected chi connectivity index (χ4v) is 2.82. The van der Waals surface area contributed by atoms with Crippen molar-refractivity contribution in [2.24, 2.45) is 0 Å². The highest BCUT2D eigenvalue weighted by Crippen LogP contribution is 2.29. The topological polar surface area (TPSA) is 26.3 Å². The van der Waals surface area contributed by atoms with E-state index in [-0.39, 0.29) is 5.97 Å². The molecule has 0 fully saturated rings. The lowest BCUT2D eigenvalue weighted by Crippen LogP contribution is -1.97. The van der Waals surface area contributed by atoms with Crippen LogP contribution < -0.4 is 0 Å². The highest BCUT2D eigenvalue weighted by atomic mass is 16.5. The van der Waals surface area contributed by atoms with E-state index in [2.05, 4.69) is 12.1 Å². The molecule has 0 radical (unpaired) electrons. The monoisotopic (exact) mass is 324 g/mol. The summed E-state index contributed by atoms with van der Waals surface area (Å²) in [5, 5.41) is 0. The maximum absolute atomic E-state index is 12.1. The van der Waals surface area contributed by atoms with Crippen LogP contribution in [0.2, 0.25) is 0 Å². The first-order chi connectivity index (χ1) is 12.3. The van der Waals surface area contributed by atoms with Crippen molar-refractivity contribution in [1.29, 1.82) is 0 Å². The maximum atomic E-state index is 12.1. The standard InChI is InChI=1S/C23H16O2/c24-23-21(15-17-7-3-1-4-8-17)16-22(25-23)20-13-11-19(12-14-20)18-9-5-2-6-10-18/h1-16H/b21-15+. The SMILES string of the molecule is O=C1OC(c2ccc(-c3ccccc3)cc2)=C/C1=C\c1ccccc1. The predicted octanol–water partition coefficient (Wildman–Crippen LogP) is 5.33. The zero-order valence-corrected chi connectivity index (χ0v) is 13.6. The first-order valence-electron chi connectivity index (χ1n) is 8.16. The van der Waals surface area contributed by atoms with Crippen LogP contribution in [0.5, 0.6) is 0 Å². The molecule has 0 spiro atoms. The second kappa shape index (κ2) is 6.62. The molecule has 3 aromatic carbocycles. The Morgan fingerprint density at radius 1 is 0.640 bits per heavy atom. The van der Waals surface area contributed by atoms with E-state index < -0.39 is 0 Å². The van der Waals surface area contributed by atoms with Crippen molar-refractivity contribution in [2.45, 2.75) is 0 Å². The first kappa shape index (κ1) is 15.2. The molecular weight excluding hydrogens is 308 g/mol. The third kappa shape index (κ3) is 3.29. The lowest BCUT2D eigenvalue weighted by Gasteiger charge is -2.04. The van der Waals surface area contributed by atoms with Gasteiger partial charge in [0, 0.05) is 5.56 Å². The van der Waals surface area contributed by atoms with Crippen LogP contribution >= 0.6 is 0 Å². The van der Waals surface area contributed by atoms with Crippen molar-refractivity contribution in [3.8, 4) is 11.1 Å². The van der Waals surface area contributed by atoms with E-state index in [0.29, 0.717) is 11.3 Å². The molecule has 0 aromatic heterocycles. The summed E-state index contributed by atoms with van der Waals surface area (Å²) in [6, 6.07) is 28.0. The second-order valence-electron chi connectivity index (χ2n) is 5.85. The molecule has 1 aliphatic heterocycles. The Morgan fingerprint density at radius 2 is 1.20 bits per heavy atom. The van der Waals surface area contributed by atoms with Crippen molar-refractivity contribution >= 4 is 17.8 Å². The number of carbonyl (C=O) groups is 1. The molecule has 0 aliphatic carbocycles. The Labute approximate surface area is 146 Å². The average molecular weight is 324 g/mol. The van der Waals surface area contributed by atoms with Gasteiger partial charge in [0.15, 0.2) is 0 Å². The lowest BCUT2D eigenvalue weighted by atomic mass is 10.0. The smallest absolute Gasteiger partial charge is 0.343 e. The van der Waals surface area contributed by atoms with Gasteiger partial charge >= 0.3 is 5.97 Å². The van der Waals surface area contributed by atoms with Gasteiger partial charge in [0.05, 0.1) is 5.57 Å². The van der Waals surface area contributed by atoms with Gasteiger partial charge in [0.25, 0.3) is 0 Å². The Morgan fingerprint density at radius 3 is 1.88 bits per heavy atom. The van der Waals surface area contributed by atoms with Crippen LogP contribution in [0.4, 0.5) is 0 Å². The van der Waals surface area contributed by atoms with E-state index in [1.165, 1.54) is 0 Å². The van der Waals surface area contributed by atoms with Crippen molar-refractivity contribution in [1.82, 2.24) is 0 Å². The number of ether oxygens (including phenoxy) is 1. The quantitative estimate of drug-likeness (QED) is 0.480. The van der Waals surface area contributed by atoms with Gasteiger partial charge in [-0.25, -0.2) is 4.79 Å². The van der Waals surface area contributed by atoms with E-state index >= 15 is 0 Å². The molecule has 2 nitrogen and oxygen atoms in total. The summed E-state index contributed by atoms with van der Waals surface area (Å²) in [6.45, 7) is 0. The molecule has 3 aromatic rings. The zero-order chi connectivity index (χ0) is 17.1. The highest BCUT2D eigenvalue weighted by Gasteiger charge is 2.21. The normalized spacial score (nSPS) is 15.1. The molecule has 0 N–H and O–H groups in total. The molecule has 0 amide bonds. The van der Waals surface area contributed by atoms with Gasteiger partial charge in [-0.1, -0.05) is 84.9 Å². The van der Waals surface area contributed by atoms with Crippen molar-refractivity contribution in [2.75, 3.05) is 0 Å². The molecule has 1 aliphatic rings.